The van der Waals surface area contributed by atoms with Gasteiger partial charge in [0.1, 0.15) is 6.04 Å². The lowest BCUT2D eigenvalue weighted by Gasteiger charge is -2.32. The van der Waals surface area contributed by atoms with Gasteiger partial charge >= 0.3 is 0 Å². The topological polar surface area (TPSA) is 49.4 Å². The molecule has 1 atom stereocenters. The quantitative estimate of drug-likeness (QED) is 0.359. The van der Waals surface area contributed by atoms with Crippen LogP contribution in [0, 0.1) is 0 Å². The van der Waals surface area contributed by atoms with Crippen molar-refractivity contribution in [2.24, 2.45) is 0 Å². The van der Waals surface area contributed by atoms with E-state index in [1.54, 1.807) is 29.2 Å². The van der Waals surface area contributed by atoms with Crippen LogP contribution in [0.2, 0.25) is 15.1 Å². The Balaban J connectivity index is 2.00. The van der Waals surface area contributed by atoms with Crippen LogP contribution in [0.25, 0.3) is 0 Å². The van der Waals surface area contributed by atoms with Crippen molar-refractivity contribution in [1.29, 1.82) is 0 Å². The lowest BCUT2D eigenvalue weighted by molar-refractivity contribution is -0.141. The van der Waals surface area contributed by atoms with Gasteiger partial charge in [-0.3, -0.25) is 9.59 Å². The molecule has 0 radical (unpaired) electrons. The zero-order valence-corrected chi connectivity index (χ0v) is 21.4. The molecule has 0 spiro atoms. The Kier molecular flexibility index (Phi) is 9.40. The van der Waals surface area contributed by atoms with E-state index in [9.17, 15) is 9.59 Å². The Labute approximate surface area is 215 Å². The highest BCUT2D eigenvalue weighted by molar-refractivity contribution is 6.35. The molecule has 0 aromatic heterocycles. The number of nitrogens with zero attached hydrogens (tertiary/aromatic N) is 1. The van der Waals surface area contributed by atoms with Crippen molar-refractivity contribution in [3.8, 4) is 0 Å². The molecule has 0 aliphatic carbocycles. The fourth-order valence-electron chi connectivity index (χ4n) is 3.67. The molecule has 3 aromatic rings. The number of carbonyl (C=O) groups excluding carboxylic acids is 2. The summed E-state index contributed by atoms with van der Waals surface area (Å²) in [6.07, 6.45) is 0.393. The summed E-state index contributed by atoms with van der Waals surface area (Å²) in [7, 11) is 0. The average molecular weight is 518 g/mol. The molecule has 3 aromatic carbocycles. The van der Waals surface area contributed by atoms with Gasteiger partial charge < -0.3 is 10.2 Å². The molecule has 1 N–H and O–H groups in total. The Morgan fingerprint density at radius 3 is 2.18 bits per heavy atom. The minimum absolute atomic E-state index is 0.0285. The molecule has 0 aliphatic heterocycles. The maximum absolute atomic E-state index is 13.7. The minimum Gasteiger partial charge on any atom is -0.352 e. The van der Waals surface area contributed by atoms with Crippen LogP contribution < -0.4 is 5.32 Å². The number of hydrogen-bond donors (Lipinski definition) is 1. The van der Waals surface area contributed by atoms with E-state index >= 15 is 0 Å². The van der Waals surface area contributed by atoms with Crippen molar-refractivity contribution in [2.75, 3.05) is 0 Å². The third-order valence-electron chi connectivity index (χ3n) is 5.36. The Morgan fingerprint density at radius 2 is 1.53 bits per heavy atom. The molecule has 4 nitrogen and oxygen atoms in total. The normalized spacial score (nSPS) is 11.8. The van der Waals surface area contributed by atoms with Gasteiger partial charge in [-0.2, -0.15) is 0 Å². The Bertz CT molecular complexity index is 1140. The van der Waals surface area contributed by atoms with Gasteiger partial charge in [-0.25, -0.2) is 0 Å². The molecule has 0 aliphatic rings. The maximum atomic E-state index is 13.7. The molecule has 0 bridgehead atoms. The second-order valence-electron chi connectivity index (χ2n) is 8.39. The fourth-order valence-corrected chi connectivity index (χ4v) is 4.35. The van der Waals surface area contributed by atoms with E-state index in [0.717, 1.165) is 11.1 Å². The highest BCUT2D eigenvalue weighted by Crippen LogP contribution is 2.25. The van der Waals surface area contributed by atoms with Crippen LogP contribution in [0.4, 0.5) is 0 Å². The first kappa shape index (κ1) is 26.1. The summed E-state index contributed by atoms with van der Waals surface area (Å²) in [6.45, 7) is 3.98. The molecule has 0 fully saturated rings. The number of amides is 2. The van der Waals surface area contributed by atoms with Crippen LogP contribution in [0.5, 0.6) is 0 Å². The summed E-state index contributed by atoms with van der Waals surface area (Å²) < 4.78 is 0. The number of rotatable bonds is 9. The van der Waals surface area contributed by atoms with Crippen LogP contribution in [0.1, 0.15) is 30.5 Å². The number of carbonyl (C=O) groups is 2. The predicted octanol–water partition coefficient (Wildman–Crippen LogP) is 6.35. The van der Waals surface area contributed by atoms with E-state index in [1.807, 2.05) is 62.4 Å². The zero-order chi connectivity index (χ0) is 24.7. The molecule has 7 heteroatoms. The van der Waals surface area contributed by atoms with Crippen molar-refractivity contribution < 1.29 is 9.59 Å². The van der Waals surface area contributed by atoms with Crippen molar-refractivity contribution in [1.82, 2.24) is 10.2 Å². The summed E-state index contributed by atoms with van der Waals surface area (Å²) in [5.41, 5.74) is 2.35. The van der Waals surface area contributed by atoms with Crippen LogP contribution in [0.3, 0.4) is 0 Å². The zero-order valence-electron chi connectivity index (χ0n) is 19.1. The molecule has 3 rings (SSSR count). The van der Waals surface area contributed by atoms with Crippen molar-refractivity contribution in [3.05, 3.63) is 105 Å². The molecular formula is C27H27Cl3N2O2. The average Bonchev–Trinajstić information content (AvgIpc) is 2.79. The lowest BCUT2D eigenvalue weighted by Crippen LogP contribution is -2.52. The second-order valence-corrected chi connectivity index (χ2v) is 9.65. The van der Waals surface area contributed by atoms with E-state index in [4.69, 9.17) is 34.8 Å². The number of nitrogens with one attached hydrogen (secondary N) is 1. The van der Waals surface area contributed by atoms with Gasteiger partial charge in [0.2, 0.25) is 11.8 Å². The van der Waals surface area contributed by atoms with E-state index in [2.05, 4.69) is 5.32 Å². The molecule has 34 heavy (non-hydrogen) atoms. The van der Waals surface area contributed by atoms with Crippen molar-refractivity contribution in [3.63, 3.8) is 0 Å². The maximum Gasteiger partial charge on any atom is 0.243 e. The summed E-state index contributed by atoms with van der Waals surface area (Å²) in [6, 6.07) is 21.2. The van der Waals surface area contributed by atoms with Crippen LogP contribution >= 0.6 is 34.8 Å². The number of benzene rings is 3. The molecule has 0 heterocycles. The van der Waals surface area contributed by atoms with E-state index in [1.165, 1.54) is 0 Å². The molecule has 2 amide bonds. The highest BCUT2D eigenvalue weighted by atomic mass is 35.5. The summed E-state index contributed by atoms with van der Waals surface area (Å²) >= 11 is 18.8. The second kappa shape index (κ2) is 12.3. The van der Waals surface area contributed by atoms with Crippen LogP contribution in [0.15, 0.2) is 72.8 Å². The van der Waals surface area contributed by atoms with Gasteiger partial charge in [0, 0.05) is 34.1 Å². The van der Waals surface area contributed by atoms with Crippen molar-refractivity contribution >= 4 is 46.6 Å². The summed E-state index contributed by atoms with van der Waals surface area (Å²) in [5, 5.41) is 4.41. The highest BCUT2D eigenvalue weighted by Gasteiger charge is 2.31. The van der Waals surface area contributed by atoms with Gasteiger partial charge in [0.15, 0.2) is 0 Å². The molecule has 0 saturated carbocycles. The van der Waals surface area contributed by atoms with Crippen LogP contribution in [-0.2, 0) is 29.0 Å². The van der Waals surface area contributed by atoms with Crippen LogP contribution in [-0.4, -0.2) is 28.8 Å². The Morgan fingerprint density at radius 1 is 0.853 bits per heavy atom. The summed E-state index contributed by atoms with van der Waals surface area (Å²) in [5.74, 6) is -0.453. The van der Waals surface area contributed by atoms with E-state index in [-0.39, 0.29) is 30.8 Å². The van der Waals surface area contributed by atoms with Gasteiger partial charge in [-0.05, 0) is 48.7 Å². The third kappa shape index (κ3) is 7.23. The SMILES string of the molecule is CC(C)NC(=O)[C@@H](Cc1ccccc1)N(Cc1ccccc1Cl)C(=O)Cc1ccc(Cl)cc1Cl. The Hall–Kier alpha value is -2.53. The van der Waals surface area contributed by atoms with Gasteiger partial charge in [0.05, 0.1) is 6.42 Å². The standard InChI is InChI=1S/C27H27Cl3N2O2/c1-18(2)31-27(34)25(14-19-8-4-3-5-9-19)32(17-21-10-6-7-11-23(21)29)26(33)15-20-12-13-22(28)16-24(20)30/h3-13,16,18,25H,14-15,17H2,1-2H3,(H,31,34)/t25-/m1/s1. The first-order valence-corrected chi connectivity index (χ1v) is 12.2. The predicted molar refractivity (Wildman–Crippen MR) is 139 cm³/mol. The lowest BCUT2D eigenvalue weighted by atomic mass is 10.0. The molecule has 0 saturated heterocycles. The third-order valence-corrected chi connectivity index (χ3v) is 6.31. The number of halogens is 3. The summed E-state index contributed by atoms with van der Waals surface area (Å²) in [4.78, 5) is 28.7. The molecular weight excluding hydrogens is 491 g/mol. The first-order valence-electron chi connectivity index (χ1n) is 11.1. The minimum atomic E-state index is -0.736. The van der Waals surface area contributed by atoms with Crippen molar-refractivity contribution in [2.45, 2.75) is 45.3 Å². The van der Waals surface area contributed by atoms with E-state index in [0.29, 0.717) is 27.1 Å². The largest absolute Gasteiger partial charge is 0.352 e. The fraction of sp³-hybridized carbons (Fsp3) is 0.259. The monoisotopic (exact) mass is 516 g/mol. The number of hydrogen-bond acceptors (Lipinski definition) is 2. The van der Waals surface area contributed by atoms with E-state index < -0.39 is 6.04 Å². The van der Waals surface area contributed by atoms with Gasteiger partial charge in [-0.15, -0.1) is 0 Å². The molecule has 178 valence electrons. The molecule has 0 unspecified atom stereocenters. The first-order chi connectivity index (χ1) is 16.2. The smallest absolute Gasteiger partial charge is 0.243 e. The van der Waals surface area contributed by atoms with Gasteiger partial charge in [0.25, 0.3) is 0 Å². The van der Waals surface area contributed by atoms with Gasteiger partial charge in [-0.1, -0.05) is 89.4 Å².